The molecular formula is C22H14Cl3N3OS2. The van der Waals surface area contributed by atoms with Gasteiger partial charge in [0, 0.05) is 10.6 Å². The van der Waals surface area contributed by atoms with Crippen molar-refractivity contribution in [3.8, 4) is 10.6 Å². The van der Waals surface area contributed by atoms with E-state index in [0.717, 1.165) is 26.4 Å². The molecule has 1 amide bonds. The maximum Gasteiger partial charge on any atom is 0.230 e. The van der Waals surface area contributed by atoms with Gasteiger partial charge in [0.1, 0.15) is 5.01 Å². The molecule has 1 aromatic heterocycles. The van der Waals surface area contributed by atoms with Crippen molar-refractivity contribution in [2.75, 3.05) is 5.32 Å². The highest BCUT2D eigenvalue weighted by Gasteiger charge is 2.15. The van der Waals surface area contributed by atoms with Crippen molar-refractivity contribution in [2.24, 2.45) is 0 Å². The minimum atomic E-state index is -0.253. The van der Waals surface area contributed by atoms with Crippen LogP contribution in [0.5, 0.6) is 0 Å². The zero-order valence-corrected chi connectivity index (χ0v) is 19.7. The number of amides is 1. The summed E-state index contributed by atoms with van der Waals surface area (Å²) in [7, 11) is 0. The quantitative estimate of drug-likeness (QED) is 0.293. The number of thiocarbonyl (C=S) groups is 1. The normalized spacial score (nSPS) is 10.8. The molecule has 0 saturated heterocycles. The largest absolute Gasteiger partial charge is 0.331 e. The smallest absolute Gasteiger partial charge is 0.230 e. The number of hydrogen-bond acceptors (Lipinski definition) is 4. The molecule has 4 aromatic rings. The maximum atomic E-state index is 12.3. The summed E-state index contributed by atoms with van der Waals surface area (Å²) >= 11 is 25.5. The number of hydrogen-bond donors (Lipinski definition) is 2. The van der Waals surface area contributed by atoms with E-state index < -0.39 is 0 Å². The molecule has 156 valence electrons. The first-order valence-electron chi connectivity index (χ1n) is 9.09. The summed E-state index contributed by atoms with van der Waals surface area (Å²) in [5, 5.41) is 8.01. The molecule has 0 unspecified atom stereocenters. The molecule has 4 rings (SSSR count). The molecule has 9 heteroatoms. The number of fused-ring (bicyclic) bond motifs is 1. The first-order chi connectivity index (χ1) is 14.9. The van der Waals surface area contributed by atoms with Crippen molar-refractivity contribution in [1.82, 2.24) is 10.3 Å². The molecule has 0 aliphatic rings. The van der Waals surface area contributed by atoms with Crippen LogP contribution in [0.1, 0.15) is 5.56 Å². The minimum Gasteiger partial charge on any atom is -0.331 e. The molecule has 0 spiro atoms. The van der Waals surface area contributed by atoms with E-state index in [2.05, 4.69) is 15.6 Å². The zero-order valence-electron chi connectivity index (χ0n) is 15.8. The predicted molar refractivity (Wildman–Crippen MR) is 135 cm³/mol. The van der Waals surface area contributed by atoms with Crippen LogP contribution in [0.4, 0.5) is 5.69 Å². The Bertz CT molecular complexity index is 1260. The third kappa shape index (κ3) is 5.34. The number of benzene rings is 3. The highest BCUT2D eigenvalue weighted by molar-refractivity contribution is 7.80. The van der Waals surface area contributed by atoms with Gasteiger partial charge in [-0.1, -0.05) is 59.1 Å². The lowest BCUT2D eigenvalue weighted by atomic mass is 10.1. The number of aromatic nitrogens is 1. The summed E-state index contributed by atoms with van der Waals surface area (Å²) in [6.45, 7) is 0. The molecule has 1 heterocycles. The van der Waals surface area contributed by atoms with E-state index in [1.54, 1.807) is 36.4 Å². The van der Waals surface area contributed by atoms with Gasteiger partial charge >= 0.3 is 0 Å². The molecule has 31 heavy (non-hydrogen) atoms. The summed E-state index contributed by atoms with van der Waals surface area (Å²) in [6.07, 6.45) is 0.171. The van der Waals surface area contributed by atoms with Crippen molar-refractivity contribution in [2.45, 2.75) is 6.42 Å². The zero-order chi connectivity index (χ0) is 22.0. The van der Waals surface area contributed by atoms with Gasteiger partial charge < -0.3 is 10.6 Å². The van der Waals surface area contributed by atoms with Crippen LogP contribution in [0.25, 0.3) is 20.8 Å². The average molecular weight is 507 g/mol. The lowest BCUT2D eigenvalue weighted by Gasteiger charge is -2.13. The lowest BCUT2D eigenvalue weighted by Crippen LogP contribution is -2.35. The number of halogens is 3. The number of nitrogens with one attached hydrogen (secondary N) is 2. The van der Waals surface area contributed by atoms with Gasteiger partial charge in [0.05, 0.1) is 32.4 Å². The van der Waals surface area contributed by atoms with E-state index in [4.69, 9.17) is 47.0 Å². The van der Waals surface area contributed by atoms with Crippen LogP contribution in [0.3, 0.4) is 0 Å². The fourth-order valence-electron chi connectivity index (χ4n) is 2.91. The first kappa shape index (κ1) is 22.0. The highest BCUT2D eigenvalue weighted by atomic mass is 35.5. The Morgan fingerprint density at radius 1 is 1.00 bits per heavy atom. The maximum absolute atomic E-state index is 12.3. The number of thiazole rings is 1. The molecule has 3 aromatic carbocycles. The second-order valence-electron chi connectivity index (χ2n) is 6.60. The van der Waals surface area contributed by atoms with Crippen molar-refractivity contribution in [3.05, 3.63) is 81.3 Å². The van der Waals surface area contributed by atoms with E-state index in [0.29, 0.717) is 20.8 Å². The monoisotopic (exact) mass is 505 g/mol. The summed E-state index contributed by atoms with van der Waals surface area (Å²) in [5.41, 5.74) is 2.97. The molecule has 4 nitrogen and oxygen atoms in total. The molecule has 0 aliphatic heterocycles. The third-order valence-electron chi connectivity index (χ3n) is 4.36. The number of anilines is 1. The number of para-hydroxylation sites is 1. The van der Waals surface area contributed by atoms with Gasteiger partial charge in [-0.15, -0.1) is 11.3 Å². The van der Waals surface area contributed by atoms with Gasteiger partial charge in [-0.25, -0.2) is 4.98 Å². The average Bonchev–Trinajstić information content (AvgIpc) is 3.15. The van der Waals surface area contributed by atoms with Crippen LogP contribution in [-0.4, -0.2) is 16.0 Å². The van der Waals surface area contributed by atoms with Crippen molar-refractivity contribution < 1.29 is 4.79 Å². The SMILES string of the molecule is O=C(Cc1ccc(Cl)cc1)NC(=S)Nc1cc(-c2nc3ccccc3s2)c(Cl)cc1Cl. The van der Waals surface area contributed by atoms with Crippen LogP contribution in [-0.2, 0) is 11.2 Å². The van der Waals surface area contributed by atoms with Gasteiger partial charge in [-0.05, 0) is 54.2 Å². The van der Waals surface area contributed by atoms with Gasteiger partial charge in [0.25, 0.3) is 0 Å². The van der Waals surface area contributed by atoms with Crippen LogP contribution in [0, 0.1) is 0 Å². The molecule has 0 fully saturated rings. The molecule has 0 atom stereocenters. The highest BCUT2D eigenvalue weighted by Crippen LogP contribution is 2.38. The van der Waals surface area contributed by atoms with Crippen LogP contribution >= 0.6 is 58.4 Å². The summed E-state index contributed by atoms with van der Waals surface area (Å²) in [5.74, 6) is -0.253. The Kier molecular flexibility index (Phi) is 6.74. The van der Waals surface area contributed by atoms with Gasteiger partial charge in [0.15, 0.2) is 5.11 Å². The van der Waals surface area contributed by atoms with Crippen LogP contribution in [0.15, 0.2) is 60.7 Å². The molecule has 2 N–H and O–H groups in total. The Hall–Kier alpha value is -2.22. The van der Waals surface area contributed by atoms with Gasteiger partial charge in [-0.2, -0.15) is 0 Å². The van der Waals surface area contributed by atoms with Crippen LogP contribution < -0.4 is 10.6 Å². The molecule has 0 aliphatic carbocycles. The molecule has 0 bridgehead atoms. The van der Waals surface area contributed by atoms with Gasteiger partial charge in [0.2, 0.25) is 5.91 Å². The topological polar surface area (TPSA) is 54.0 Å². The third-order valence-corrected chi connectivity index (χ3v) is 6.51. The van der Waals surface area contributed by atoms with Crippen LogP contribution in [0.2, 0.25) is 15.1 Å². The lowest BCUT2D eigenvalue weighted by molar-refractivity contribution is -0.119. The number of nitrogens with zero attached hydrogens (tertiary/aromatic N) is 1. The standard InChI is InChI=1S/C22H14Cl3N3OS2/c23-13-7-5-12(6-8-13)9-20(29)28-22(30)27-18-10-14(15(24)11-16(18)25)21-26-17-3-1-2-4-19(17)31-21/h1-8,10-11H,9H2,(H2,27,28,29,30). The van der Waals surface area contributed by atoms with Crippen molar-refractivity contribution in [1.29, 1.82) is 0 Å². The summed E-state index contributed by atoms with van der Waals surface area (Å²) < 4.78 is 1.06. The Morgan fingerprint density at radius 3 is 2.48 bits per heavy atom. The second kappa shape index (κ2) is 9.51. The number of carbonyl (C=O) groups excluding carboxylic acids is 1. The van der Waals surface area contributed by atoms with E-state index in [1.807, 2.05) is 24.3 Å². The van der Waals surface area contributed by atoms with Crippen molar-refractivity contribution >= 4 is 85.3 Å². The molecular weight excluding hydrogens is 493 g/mol. The first-order valence-corrected chi connectivity index (χ1v) is 11.4. The number of rotatable bonds is 4. The Balaban J connectivity index is 1.50. The fourth-order valence-corrected chi connectivity index (χ4v) is 4.83. The number of carbonyl (C=O) groups is 1. The Labute approximate surface area is 203 Å². The molecule has 0 radical (unpaired) electrons. The van der Waals surface area contributed by atoms with Gasteiger partial charge in [-0.3, -0.25) is 4.79 Å². The minimum absolute atomic E-state index is 0.137. The van der Waals surface area contributed by atoms with E-state index in [9.17, 15) is 4.79 Å². The summed E-state index contributed by atoms with van der Waals surface area (Å²) in [6, 6.07) is 18.3. The van der Waals surface area contributed by atoms with Crippen molar-refractivity contribution in [3.63, 3.8) is 0 Å². The fraction of sp³-hybridized carbons (Fsp3) is 0.0455. The van der Waals surface area contributed by atoms with E-state index in [-0.39, 0.29) is 17.4 Å². The Morgan fingerprint density at radius 2 is 1.74 bits per heavy atom. The van der Waals surface area contributed by atoms with E-state index in [1.165, 1.54) is 11.3 Å². The second-order valence-corrected chi connectivity index (χ2v) is 9.29. The van der Waals surface area contributed by atoms with E-state index >= 15 is 0 Å². The molecule has 0 saturated carbocycles. The summed E-state index contributed by atoms with van der Waals surface area (Å²) in [4.78, 5) is 16.9. The predicted octanol–water partition coefficient (Wildman–Crippen LogP) is 6.98.